The lowest BCUT2D eigenvalue weighted by Crippen LogP contribution is -2.27. The van der Waals surface area contributed by atoms with E-state index in [1.54, 1.807) is 27.9 Å². The third-order valence-corrected chi connectivity index (χ3v) is 6.70. The molecule has 0 saturated carbocycles. The smallest absolute Gasteiger partial charge is 0.409 e. The predicted molar refractivity (Wildman–Crippen MR) is 134 cm³/mol. The number of rotatable bonds is 11. The van der Waals surface area contributed by atoms with E-state index < -0.39 is 16.1 Å². The van der Waals surface area contributed by atoms with E-state index in [-0.39, 0.29) is 29.4 Å². The number of aromatic amines is 1. The zero-order chi connectivity index (χ0) is 26.5. The van der Waals surface area contributed by atoms with E-state index in [4.69, 9.17) is 9.47 Å². The number of carbonyl (C=O) groups excluding carboxylic acids is 1. The maximum absolute atomic E-state index is 12.9. The first-order valence-corrected chi connectivity index (χ1v) is 13.2. The average Bonchev–Trinajstić information content (AvgIpc) is 3.14. The minimum atomic E-state index is -3.90. The molecule has 0 atom stereocenters. The van der Waals surface area contributed by atoms with Crippen LogP contribution in [0.5, 0.6) is 5.75 Å². The number of H-pyrrole nitrogens is 1. The number of hydrogen-bond donors (Lipinski definition) is 2. The lowest BCUT2D eigenvalue weighted by Gasteiger charge is -2.13. The van der Waals surface area contributed by atoms with Gasteiger partial charge in [-0.1, -0.05) is 6.92 Å². The van der Waals surface area contributed by atoms with Crippen LogP contribution < -0.4 is 15.0 Å². The van der Waals surface area contributed by atoms with Crippen LogP contribution in [0.1, 0.15) is 38.2 Å². The molecule has 0 radical (unpaired) electrons. The zero-order valence-corrected chi connectivity index (χ0v) is 21.9. The molecule has 2 N–H and O–H groups in total. The summed E-state index contributed by atoms with van der Waals surface area (Å²) < 4.78 is 40.6. The van der Waals surface area contributed by atoms with Crippen LogP contribution in [0.2, 0.25) is 0 Å². The summed E-state index contributed by atoms with van der Waals surface area (Å²) in [6.07, 6.45) is 1.25. The van der Waals surface area contributed by atoms with Gasteiger partial charge >= 0.3 is 6.09 Å². The summed E-state index contributed by atoms with van der Waals surface area (Å²) in [5, 5.41) is 4.58. The highest BCUT2D eigenvalue weighted by Crippen LogP contribution is 2.30. The van der Waals surface area contributed by atoms with Crippen LogP contribution in [0.3, 0.4) is 0 Å². The molecule has 2 aromatic heterocycles. The number of ether oxygens (including phenoxy) is 2. The Balaban J connectivity index is 1.93. The molecule has 12 nitrogen and oxygen atoms in total. The third-order valence-electron chi connectivity index (χ3n) is 5.24. The Morgan fingerprint density at radius 3 is 2.67 bits per heavy atom. The molecule has 0 aliphatic heterocycles. The summed E-state index contributed by atoms with van der Waals surface area (Å²) in [6.45, 7) is 6.03. The molecule has 0 aliphatic rings. The minimum absolute atomic E-state index is 0.0235. The van der Waals surface area contributed by atoms with Crippen molar-refractivity contribution in [1.29, 1.82) is 0 Å². The van der Waals surface area contributed by atoms with Crippen molar-refractivity contribution in [3.63, 3.8) is 0 Å². The van der Waals surface area contributed by atoms with Gasteiger partial charge in [-0.25, -0.2) is 27.4 Å². The maximum atomic E-state index is 12.9. The van der Waals surface area contributed by atoms with E-state index in [1.807, 2.05) is 6.92 Å². The highest BCUT2D eigenvalue weighted by Gasteiger charge is 2.21. The second-order valence-electron chi connectivity index (χ2n) is 8.28. The van der Waals surface area contributed by atoms with Gasteiger partial charge in [-0.2, -0.15) is 0 Å². The minimum Gasteiger partial charge on any atom is -0.493 e. The van der Waals surface area contributed by atoms with Crippen molar-refractivity contribution >= 4 is 21.6 Å². The summed E-state index contributed by atoms with van der Waals surface area (Å²) in [7, 11) is -0.775. The van der Waals surface area contributed by atoms with Gasteiger partial charge < -0.3 is 19.4 Å². The second kappa shape index (κ2) is 11.5. The number of sulfonamides is 1. The number of aryl methyl sites for hydroxylation is 2. The van der Waals surface area contributed by atoms with Crippen molar-refractivity contribution in [2.45, 2.75) is 44.9 Å². The molecule has 0 fully saturated rings. The molecule has 0 spiro atoms. The van der Waals surface area contributed by atoms with Gasteiger partial charge in [0.25, 0.3) is 5.56 Å². The molecule has 0 bridgehead atoms. The number of benzene rings is 1. The van der Waals surface area contributed by atoms with Crippen LogP contribution in [0.25, 0.3) is 16.9 Å². The zero-order valence-electron chi connectivity index (χ0n) is 21.1. The van der Waals surface area contributed by atoms with E-state index in [0.717, 1.165) is 6.42 Å². The summed E-state index contributed by atoms with van der Waals surface area (Å²) in [6, 6.07) is 4.36. The quantitative estimate of drug-likeness (QED) is 0.365. The van der Waals surface area contributed by atoms with Crippen LogP contribution in [-0.2, 0) is 21.2 Å². The molecule has 196 valence electrons. The van der Waals surface area contributed by atoms with E-state index in [9.17, 15) is 18.0 Å². The highest BCUT2D eigenvalue weighted by molar-refractivity contribution is 7.89. The largest absolute Gasteiger partial charge is 0.493 e. The highest BCUT2D eigenvalue weighted by atomic mass is 32.2. The van der Waals surface area contributed by atoms with E-state index >= 15 is 0 Å². The SMILES string of the molecule is CCCc1nc(C)c2c(=O)[nH]c(-c3cc(S(=O)(=O)NCCCOC(=O)N(C)C)ccc3OCC)nn12. The van der Waals surface area contributed by atoms with E-state index in [1.165, 1.54) is 27.6 Å². The van der Waals surface area contributed by atoms with Crippen LogP contribution in [0.15, 0.2) is 27.9 Å². The van der Waals surface area contributed by atoms with Crippen LogP contribution >= 0.6 is 0 Å². The van der Waals surface area contributed by atoms with Gasteiger partial charge in [0.1, 0.15) is 11.6 Å². The van der Waals surface area contributed by atoms with Crippen LogP contribution in [-0.4, -0.2) is 72.8 Å². The topological polar surface area (TPSA) is 148 Å². The Bertz CT molecular complexity index is 1400. The number of nitrogens with one attached hydrogen (secondary N) is 2. The monoisotopic (exact) mass is 520 g/mol. The summed E-state index contributed by atoms with van der Waals surface area (Å²) in [4.78, 5) is 32.8. The number of aromatic nitrogens is 4. The fourth-order valence-electron chi connectivity index (χ4n) is 3.54. The fourth-order valence-corrected chi connectivity index (χ4v) is 4.64. The maximum Gasteiger partial charge on any atom is 0.409 e. The first-order valence-electron chi connectivity index (χ1n) is 11.7. The molecular weight excluding hydrogens is 488 g/mol. The second-order valence-corrected chi connectivity index (χ2v) is 10.0. The lowest BCUT2D eigenvalue weighted by molar-refractivity contribution is 0.117. The summed E-state index contributed by atoms with van der Waals surface area (Å²) >= 11 is 0. The van der Waals surface area contributed by atoms with Crippen molar-refractivity contribution in [2.24, 2.45) is 0 Å². The molecule has 13 heteroatoms. The number of nitrogens with zero attached hydrogens (tertiary/aromatic N) is 4. The van der Waals surface area contributed by atoms with Crippen molar-refractivity contribution in [1.82, 2.24) is 29.2 Å². The standard InChI is InChI=1S/C23H32N6O6S/c1-6-9-19-25-15(3)20-22(30)26-21(27-29(19)20)17-14-16(10-11-18(17)34-7-2)36(32,33)24-12-8-13-35-23(31)28(4)5/h10-11,14,24H,6-9,12-13H2,1-5H3,(H,26,27,30). The number of hydrogen-bond acceptors (Lipinski definition) is 8. The molecule has 0 saturated heterocycles. The van der Waals surface area contributed by atoms with Gasteiger partial charge in [-0.15, -0.1) is 5.10 Å². The van der Waals surface area contributed by atoms with E-state index in [2.05, 4.69) is 19.8 Å². The predicted octanol–water partition coefficient (Wildman–Crippen LogP) is 2.11. The number of carbonyl (C=O) groups is 1. The molecule has 3 rings (SSSR count). The van der Waals surface area contributed by atoms with Gasteiger partial charge in [0, 0.05) is 27.1 Å². The molecule has 3 aromatic rings. The van der Waals surface area contributed by atoms with Crippen molar-refractivity contribution < 1.29 is 22.7 Å². The Morgan fingerprint density at radius 1 is 1.25 bits per heavy atom. The summed E-state index contributed by atoms with van der Waals surface area (Å²) in [5.41, 5.74) is 0.863. The molecule has 0 unspecified atom stereocenters. The molecule has 1 aromatic carbocycles. The number of amides is 1. The van der Waals surface area contributed by atoms with Crippen molar-refractivity contribution in [3.05, 3.63) is 40.1 Å². The Hall–Kier alpha value is -3.45. The van der Waals surface area contributed by atoms with Gasteiger partial charge in [0.05, 0.1) is 29.4 Å². The Labute approximate surface area is 209 Å². The Morgan fingerprint density at radius 2 is 2.00 bits per heavy atom. The fraction of sp³-hybridized carbons (Fsp3) is 0.478. The first kappa shape index (κ1) is 27.1. The number of fused-ring (bicyclic) bond motifs is 1. The molecule has 1 amide bonds. The van der Waals surface area contributed by atoms with Crippen molar-refractivity contribution in [3.8, 4) is 17.1 Å². The van der Waals surface area contributed by atoms with Crippen molar-refractivity contribution in [2.75, 3.05) is 33.9 Å². The average molecular weight is 521 g/mol. The van der Waals surface area contributed by atoms with Crippen LogP contribution in [0, 0.1) is 6.92 Å². The molecule has 36 heavy (non-hydrogen) atoms. The van der Waals surface area contributed by atoms with Crippen LogP contribution in [0.4, 0.5) is 4.79 Å². The first-order chi connectivity index (χ1) is 17.1. The normalized spacial score (nSPS) is 11.6. The van der Waals surface area contributed by atoms with Gasteiger partial charge in [0.15, 0.2) is 11.3 Å². The summed E-state index contributed by atoms with van der Waals surface area (Å²) in [5.74, 6) is 1.19. The third kappa shape index (κ3) is 6.02. The van der Waals surface area contributed by atoms with Gasteiger partial charge in [0.2, 0.25) is 10.0 Å². The molecule has 2 heterocycles. The molecule has 0 aliphatic carbocycles. The molecular formula is C23H32N6O6S. The lowest BCUT2D eigenvalue weighted by atomic mass is 10.2. The Kier molecular flexibility index (Phi) is 8.69. The number of imidazole rings is 1. The van der Waals surface area contributed by atoms with E-state index in [0.29, 0.717) is 47.8 Å². The van der Waals surface area contributed by atoms with Gasteiger partial charge in [-0.3, -0.25) is 4.79 Å². The van der Waals surface area contributed by atoms with Gasteiger partial charge in [-0.05, 0) is 44.9 Å².